The van der Waals surface area contributed by atoms with Crippen molar-refractivity contribution in [3.05, 3.63) is 11.6 Å². The molecule has 0 aliphatic heterocycles. The van der Waals surface area contributed by atoms with E-state index in [1.807, 2.05) is 6.92 Å². The zero-order valence-electron chi connectivity index (χ0n) is 17.4. The first-order valence-corrected chi connectivity index (χ1v) is 10.3. The molecule has 8 atom stereocenters. The van der Waals surface area contributed by atoms with Crippen molar-refractivity contribution in [1.29, 1.82) is 0 Å². The highest BCUT2D eigenvalue weighted by Gasteiger charge is 2.83. The number of rotatable bonds is 2. The Labute approximate surface area is 166 Å². The summed E-state index contributed by atoms with van der Waals surface area (Å²) in [6.07, 6.45) is 2.86. The Hall–Kier alpha value is -1.24. The van der Waals surface area contributed by atoms with Crippen molar-refractivity contribution in [2.24, 2.45) is 35.0 Å². The molecule has 0 amide bonds. The quantitative estimate of drug-likeness (QED) is 0.617. The maximum atomic E-state index is 12.8. The van der Waals surface area contributed by atoms with Gasteiger partial charge in [-0.3, -0.25) is 9.59 Å². The van der Waals surface area contributed by atoms with Crippen molar-refractivity contribution in [3.63, 3.8) is 0 Å². The van der Waals surface area contributed by atoms with Gasteiger partial charge in [-0.15, -0.1) is 0 Å². The Kier molecular flexibility index (Phi) is 4.06. The Morgan fingerprint density at radius 1 is 1.29 bits per heavy atom. The predicted molar refractivity (Wildman–Crippen MR) is 101 cm³/mol. The molecule has 156 valence electrons. The van der Waals surface area contributed by atoms with Gasteiger partial charge in [-0.2, -0.15) is 0 Å². The third kappa shape index (κ3) is 2.14. The molecule has 0 saturated heterocycles. The van der Waals surface area contributed by atoms with Crippen molar-refractivity contribution in [2.45, 2.75) is 70.7 Å². The first kappa shape index (κ1) is 20.0. The van der Waals surface area contributed by atoms with Crippen LogP contribution in [0.4, 0.5) is 0 Å². The molecule has 0 aromatic rings. The highest BCUT2D eigenvalue weighted by Crippen LogP contribution is 2.77. The smallest absolute Gasteiger partial charge is 0.303 e. The third-order valence-corrected chi connectivity index (χ3v) is 8.63. The largest absolute Gasteiger partial charge is 0.458 e. The molecule has 0 aromatic carbocycles. The standard InChI is InChI=1S/C22H32O6/c1-11-6-16-20(26,18(11)25)9-14(10-23)7-15-17-19(4,5)21(17,28-13(3)24)8-12(2)22(15,16)27/h6,12,14-17,23,26-27H,7-10H2,1-5H3/t12-,14+,15+,16-,17-,20-,21+,22-/m1/s1. The highest BCUT2D eigenvalue weighted by atomic mass is 16.6. The second kappa shape index (κ2) is 5.67. The van der Waals surface area contributed by atoms with Crippen LogP contribution in [0.15, 0.2) is 11.6 Å². The fourth-order valence-electron chi connectivity index (χ4n) is 7.38. The van der Waals surface area contributed by atoms with E-state index < -0.39 is 22.7 Å². The number of fused-ring (bicyclic) bond motifs is 5. The van der Waals surface area contributed by atoms with Crippen molar-refractivity contribution >= 4 is 11.8 Å². The van der Waals surface area contributed by atoms with E-state index in [-0.39, 0.29) is 53.9 Å². The zero-order chi connectivity index (χ0) is 20.9. The van der Waals surface area contributed by atoms with Crippen LogP contribution in [0.5, 0.6) is 0 Å². The molecule has 4 aliphatic carbocycles. The molecular formula is C22H32O6. The van der Waals surface area contributed by atoms with E-state index in [0.29, 0.717) is 18.4 Å². The first-order valence-electron chi connectivity index (χ1n) is 10.3. The van der Waals surface area contributed by atoms with Gasteiger partial charge in [-0.05, 0) is 49.5 Å². The van der Waals surface area contributed by atoms with E-state index in [2.05, 4.69) is 13.8 Å². The predicted octanol–water partition coefficient (Wildman–Crippen LogP) is 1.61. The number of esters is 1. The van der Waals surface area contributed by atoms with Crippen LogP contribution in [-0.2, 0) is 14.3 Å². The molecule has 6 heteroatoms. The molecule has 0 aromatic heterocycles. The summed E-state index contributed by atoms with van der Waals surface area (Å²) in [6, 6.07) is 0. The van der Waals surface area contributed by atoms with E-state index in [4.69, 9.17) is 4.74 Å². The average Bonchev–Trinajstić information content (AvgIpc) is 2.99. The fraction of sp³-hybridized carbons (Fsp3) is 0.818. The molecule has 28 heavy (non-hydrogen) atoms. The lowest BCUT2D eigenvalue weighted by Crippen LogP contribution is -2.61. The summed E-state index contributed by atoms with van der Waals surface area (Å²) >= 11 is 0. The number of aliphatic hydroxyl groups is 3. The van der Waals surface area contributed by atoms with E-state index >= 15 is 0 Å². The van der Waals surface area contributed by atoms with E-state index in [1.54, 1.807) is 13.0 Å². The SMILES string of the molecule is CC(=O)O[C@@]12C[C@@H](C)[C@@]3(O)[C@@H](C[C@H](CO)C[C@]4(O)C(=O)C(C)=C[C@@H]34)[C@@H]1C2(C)C. The molecular weight excluding hydrogens is 360 g/mol. The van der Waals surface area contributed by atoms with Crippen LogP contribution < -0.4 is 0 Å². The molecule has 4 aliphatic rings. The van der Waals surface area contributed by atoms with Crippen molar-refractivity contribution < 1.29 is 29.6 Å². The second-order valence-corrected chi connectivity index (χ2v) is 10.4. The van der Waals surface area contributed by atoms with Gasteiger partial charge < -0.3 is 20.1 Å². The summed E-state index contributed by atoms with van der Waals surface area (Å²) in [7, 11) is 0. The number of ether oxygens (including phenoxy) is 1. The van der Waals surface area contributed by atoms with Crippen molar-refractivity contribution in [2.75, 3.05) is 6.61 Å². The number of Topliss-reactive ketones (excluding diaryl/α,β-unsaturated/α-hetero) is 1. The summed E-state index contributed by atoms with van der Waals surface area (Å²) < 4.78 is 5.86. The minimum absolute atomic E-state index is 0.0779. The number of carbonyl (C=O) groups is 2. The molecule has 0 spiro atoms. The van der Waals surface area contributed by atoms with Gasteiger partial charge in [-0.25, -0.2) is 0 Å². The lowest BCUT2D eigenvalue weighted by molar-refractivity contribution is -0.190. The summed E-state index contributed by atoms with van der Waals surface area (Å²) in [5.74, 6) is -2.32. The van der Waals surface area contributed by atoms with Gasteiger partial charge in [0.25, 0.3) is 0 Å². The Balaban J connectivity index is 1.86. The van der Waals surface area contributed by atoms with Crippen LogP contribution in [0.2, 0.25) is 0 Å². The Morgan fingerprint density at radius 2 is 1.93 bits per heavy atom. The number of hydrogen-bond acceptors (Lipinski definition) is 6. The molecule has 3 fully saturated rings. The molecule has 3 N–H and O–H groups in total. The maximum absolute atomic E-state index is 12.8. The van der Waals surface area contributed by atoms with Crippen molar-refractivity contribution in [1.82, 2.24) is 0 Å². The van der Waals surface area contributed by atoms with Gasteiger partial charge in [0.15, 0.2) is 5.78 Å². The van der Waals surface area contributed by atoms with E-state index in [9.17, 15) is 24.9 Å². The van der Waals surface area contributed by atoms with Gasteiger partial charge in [0.05, 0.1) is 5.60 Å². The molecule has 0 bridgehead atoms. The first-order chi connectivity index (χ1) is 12.9. The van der Waals surface area contributed by atoms with Crippen LogP contribution in [0.25, 0.3) is 0 Å². The van der Waals surface area contributed by atoms with E-state index in [1.165, 1.54) is 6.92 Å². The summed E-state index contributed by atoms with van der Waals surface area (Å²) in [5.41, 5.74) is -3.47. The number of aliphatic hydroxyl groups excluding tert-OH is 1. The molecule has 0 unspecified atom stereocenters. The summed E-state index contributed by atoms with van der Waals surface area (Å²) in [4.78, 5) is 24.7. The molecule has 3 saturated carbocycles. The molecule has 0 radical (unpaired) electrons. The Morgan fingerprint density at radius 3 is 2.50 bits per heavy atom. The summed E-state index contributed by atoms with van der Waals surface area (Å²) in [5, 5.41) is 33.5. The number of ketones is 1. The average molecular weight is 392 g/mol. The van der Waals surface area contributed by atoms with Gasteiger partial charge in [0, 0.05) is 30.8 Å². The number of carbonyl (C=O) groups excluding carboxylic acids is 2. The molecule has 6 nitrogen and oxygen atoms in total. The normalized spacial score (nSPS) is 51.4. The van der Waals surface area contributed by atoms with E-state index in [0.717, 1.165) is 0 Å². The van der Waals surface area contributed by atoms with Gasteiger partial charge >= 0.3 is 5.97 Å². The van der Waals surface area contributed by atoms with Gasteiger partial charge in [0.1, 0.15) is 11.2 Å². The molecule has 4 rings (SSSR count). The lowest BCUT2D eigenvalue weighted by atomic mass is 9.59. The van der Waals surface area contributed by atoms with Crippen LogP contribution in [-0.4, -0.2) is 50.5 Å². The van der Waals surface area contributed by atoms with Gasteiger partial charge in [0.2, 0.25) is 0 Å². The van der Waals surface area contributed by atoms with Crippen LogP contribution in [0, 0.1) is 35.0 Å². The second-order valence-electron chi connectivity index (χ2n) is 10.4. The molecule has 0 heterocycles. The topological polar surface area (TPSA) is 104 Å². The lowest BCUT2D eigenvalue weighted by Gasteiger charge is -2.51. The minimum Gasteiger partial charge on any atom is -0.458 e. The minimum atomic E-state index is -1.68. The van der Waals surface area contributed by atoms with Crippen LogP contribution in [0.1, 0.15) is 53.9 Å². The maximum Gasteiger partial charge on any atom is 0.303 e. The van der Waals surface area contributed by atoms with Crippen molar-refractivity contribution in [3.8, 4) is 0 Å². The van der Waals surface area contributed by atoms with Crippen LogP contribution >= 0.6 is 0 Å². The number of hydrogen-bond donors (Lipinski definition) is 3. The van der Waals surface area contributed by atoms with Gasteiger partial charge in [-0.1, -0.05) is 26.8 Å². The third-order valence-electron chi connectivity index (χ3n) is 8.63. The Bertz CT molecular complexity index is 771. The fourth-order valence-corrected chi connectivity index (χ4v) is 7.38. The highest BCUT2D eigenvalue weighted by molar-refractivity contribution is 6.04. The summed E-state index contributed by atoms with van der Waals surface area (Å²) in [6.45, 7) is 8.98. The zero-order valence-corrected chi connectivity index (χ0v) is 17.4. The van der Waals surface area contributed by atoms with Crippen LogP contribution in [0.3, 0.4) is 0 Å². The monoisotopic (exact) mass is 392 g/mol.